The number of hydrogen-bond acceptors (Lipinski definition) is 3. The van der Waals surface area contributed by atoms with Crippen LogP contribution in [0.4, 0.5) is 4.79 Å². The Bertz CT molecular complexity index is 525. The number of fused-ring (bicyclic) bond motifs is 1. The van der Waals surface area contributed by atoms with E-state index in [1.807, 2.05) is 18.2 Å². The maximum absolute atomic E-state index is 11.0. The van der Waals surface area contributed by atoms with Crippen molar-refractivity contribution in [2.45, 2.75) is 19.8 Å². The molecule has 1 amide bonds. The lowest BCUT2D eigenvalue weighted by Gasteiger charge is -2.02. The van der Waals surface area contributed by atoms with Crippen LogP contribution in [0, 0.1) is 0 Å². The van der Waals surface area contributed by atoms with E-state index in [1.165, 1.54) is 11.0 Å². The second-order valence-corrected chi connectivity index (χ2v) is 4.05. The monoisotopic (exact) mass is 245 g/mol. The molecule has 94 valence electrons. The van der Waals surface area contributed by atoms with E-state index in [9.17, 15) is 4.79 Å². The molecule has 0 saturated carbocycles. The van der Waals surface area contributed by atoms with Crippen LogP contribution >= 0.6 is 0 Å². The summed E-state index contributed by atoms with van der Waals surface area (Å²) in [5, 5.41) is 8.45. The van der Waals surface area contributed by atoms with Gasteiger partial charge in [-0.25, -0.2) is 10.3 Å². The standard InChI is InChI=1S/C14H15NO3/c1-2-4-10-7-8-11-5-3-6-12(9-13(10)11)18-14(16)15-17/h3,5-9,17H,2,4H2,1H3,(H,15,16). The van der Waals surface area contributed by atoms with Gasteiger partial charge in [-0.3, -0.25) is 5.21 Å². The largest absolute Gasteiger partial charge is 0.436 e. The van der Waals surface area contributed by atoms with Crippen LogP contribution in [0.15, 0.2) is 36.4 Å². The Hall–Kier alpha value is -2.07. The van der Waals surface area contributed by atoms with E-state index in [0.717, 1.165) is 24.0 Å². The Morgan fingerprint density at radius 2 is 2.17 bits per heavy atom. The normalized spacial score (nSPS) is 10.3. The van der Waals surface area contributed by atoms with Gasteiger partial charge < -0.3 is 4.74 Å². The van der Waals surface area contributed by atoms with Crippen LogP contribution < -0.4 is 10.2 Å². The second kappa shape index (κ2) is 5.51. The third-order valence-electron chi connectivity index (χ3n) is 2.77. The zero-order valence-electron chi connectivity index (χ0n) is 10.1. The Balaban J connectivity index is 2.38. The fourth-order valence-electron chi connectivity index (χ4n) is 1.99. The number of hydrogen-bond donors (Lipinski definition) is 2. The van der Waals surface area contributed by atoms with Crippen LogP contribution in [0.25, 0.3) is 11.1 Å². The topological polar surface area (TPSA) is 58.6 Å². The maximum Gasteiger partial charge on any atom is 0.436 e. The van der Waals surface area contributed by atoms with Crippen molar-refractivity contribution < 1.29 is 14.7 Å². The number of ether oxygens (including phenoxy) is 1. The van der Waals surface area contributed by atoms with Gasteiger partial charge in [-0.15, -0.1) is 0 Å². The molecule has 4 nitrogen and oxygen atoms in total. The zero-order chi connectivity index (χ0) is 13.0. The molecule has 2 N–H and O–H groups in total. The molecule has 0 fully saturated rings. The first-order valence-corrected chi connectivity index (χ1v) is 5.88. The van der Waals surface area contributed by atoms with E-state index in [0.29, 0.717) is 5.75 Å². The Morgan fingerprint density at radius 1 is 1.33 bits per heavy atom. The highest BCUT2D eigenvalue weighted by atomic mass is 16.6. The number of hydroxylamine groups is 1. The summed E-state index contributed by atoms with van der Waals surface area (Å²) in [5.41, 5.74) is 4.86. The fourth-order valence-corrected chi connectivity index (χ4v) is 1.99. The van der Waals surface area contributed by atoms with Gasteiger partial charge in [0.2, 0.25) is 0 Å². The van der Waals surface area contributed by atoms with E-state index in [4.69, 9.17) is 9.94 Å². The number of carbonyl (C=O) groups excluding carboxylic acids is 1. The number of amides is 1. The molecule has 18 heavy (non-hydrogen) atoms. The zero-order valence-corrected chi connectivity index (χ0v) is 10.1. The van der Waals surface area contributed by atoms with Gasteiger partial charge in [0.15, 0.2) is 0 Å². The third kappa shape index (κ3) is 2.60. The van der Waals surface area contributed by atoms with Gasteiger partial charge >= 0.3 is 6.09 Å². The van der Waals surface area contributed by atoms with Crippen LogP contribution in [0.2, 0.25) is 0 Å². The number of aryl methyl sites for hydroxylation is 1. The van der Waals surface area contributed by atoms with Crippen molar-refractivity contribution in [1.82, 2.24) is 5.48 Å². The van der Waals surface area contributed by atoms with E-state index in [2.05, 4.69) is 19.1 Å². The Kier molecular flexibility index (Phi) is 3.79. The first kappa shape index (κ1) is 12.4. The molecule has 0 aromatic rings. The van der Waals surface area contributed by atoms with Gasteiger partial charge in [0.05, 0.1) is 0 Å². The Labute approximate surface area is 106 Å². The minimum atomic E-state index is -0.891. The quantitative estimate of drug-likeness (QED) is 0.644. The molecule has 2 rings (SSSR count). The predicted octanol–water partition coefficient (Wildman–Crippen LogP) is 3.22. The summed E-state index contributed by atoms with van der Waals surface area (Å²) in [6.07, 6.45) is 1.16. The summed E-state index contributed by atoms with van der Waals surface area (Å²) in [4.78, 5) is 11.0. The van der Waals surface area contributed by atoms with Crippen molar-refractivity contribution in [1.29, 1.82) is 0 Å². The molecule has 0 bridgehead atoms. The van der Waals surface area contributed by atoms with E-state index in [-0.39, 0.29) is 0 Å². The lowest BCUT2D eigenvalue weighted by molar-refractivity contribution is 0.127. The van der Waals surface area contributed by atoms with Crippen molar-refractivity contribution in [2.24, 2.45) is 0 Å². The smallest absolute Gasteiger partial charge is 0.409 e. The summed E-state index contributed by atoms with van der Waals surface area (Å²) in [5.74, 6) is 0.403. The SMILES string of the molecule is CCCc1ccc2cccc(OC(=O)NO)cc1-2. The van der Waals surface area contributed by atoms with E-state index < -0.39 is 6.09 Å². The highest BCUT2D eigenvalue weighted by molar-refractivity contribution is 5.74. The number of nitrogens with one attached hydrogen (secondary N) is 1. The molecule has 0 unspecified atom stereocenters. The summed E-state index contributed by atoms with van der Waals surface area (Å²) < 4.78 is 4.93. The Morgan fingerprint density at radius 3 is 2.89 bits per heavy atom. The predicted molar refractivity (Wildman–Crippen MR) is 68.0 cm³/mol. The van der Waals surface area contributed by atoms with Gasteiger partial charge in [0.25, 0.3) is 0 Å². The van der Waals surface area contributed by atoms with Crippen LogP contribution in [0.3, 0.4) is 0 Å². The summed E-state index contributed by atoms with van der Waals surface area (Å²) in [6.45, 7) is 2.12. The van der Waals surface area contributed by atoms with Crippen molar-refractivity contribution in [3.63, 3.8) is 0 Å². The van der Waals surface area contributed by atoms with Gasteiger partial charge in [-0.1, -0.05) is 37.6 Å². The molecule has 2 aliphatic carbocycles. The highest BCUT2D eigenvalue weighted by Crippen LogP contribution is 2.30. The number of rotatable bonds is 3. The van der Waals surface area contributed by atoms with Crippen molar-refractivity contribution in [3.8, 4) is 16.9 Å². The first-order chi connectivity index (χ1) is 8.74. The van der Waals surface area contributed by atoms with Crippen LogP contribution in [0.1, 0.15) is 18.9 Å². The van der Waals surface area contributed by atoms with Crippen molar-refractivity contribution >= 4 is 6.09 Å². The van der Waals surface area contributed by atoms with Gasteiger partial charge in [0, 0.05) is 0 Å². The molecule has 0 aromatic carbocycles. The maximum atomic E-state index is 11.0. The van der Waals surface area contributed by atoms with E-state index >= 15 is 0 Å². The van der Waals surface area contributed by atoms with Crippen LogP contribution in [-0.2, 0) is 6.42 Å². The van der Waals surface area contributed by atoms with Crippen molar-refractivity contribution in [2.75, 3.05) is 0 Å². The average molecular weight is 245 g/mol. The molecule has 0 aliphatic heterocycles. The minimum Gasteiger partial charge on any atom is -0.409 e. The molecule has 0 radical (unpaired) electrons. The molecular formula is C14H15NO3. The summed E-state index contributed by atoms with van der Waals surface area (Å²) >= 11 is 0. The lowest BCUT2D eigenvalue weighted by atomic mass is 10.1. The van der Waals surface area contributed by atoms with Crippen molar-refractivity contribution in [3.05, 3.63) is 42.0 Å². The molecular weight excluding hydrogens is 230 g/mol. The first-order valence-electron chi connectivity index (χ1n) is 5.88. The van der Waals surface area contributed by atoms with Crippen LogP contribution in [-0.4, -0.2) is 11.3 Å². The lowest BCUT2D eigenvalue weighted by Crippen LogP contribution is -2.22. The van der Waals surface area contributed by atoms with E-state index in [1.54, 1.807) is 6.07 Å². The number of carbonyl (C=O) groups is 1. The molecule has 0 spiro atoms. The molecule has 0 saturated heterocycles. The van der Waals surface area contributed by atoms with Gasteiger partial charge in [-0.2, -0.15) is 0 Å². The fraction of sp³-hybridized carbons (Fsp3) is 0.214. The van der Waals surface area contributed by atoms with Gasteiger partial charge in [0.1, 0.15) is 5.75 Å². The summed E-state index contributed by atoms with van der Waals surface area (Å²) in [6, 6.07) is 11.4. The molecule has 0 aromatic heterocycles. The summed E-state index contributed by atoms with van der Waals surface area (Å²) in [7, 11) is 0. The average Bonchev–Trinajstić information content (AvgIpc) is 2.61. The minimum absolute atomic E-state index is 0.403. The highest BCUT2D eigenvalue weighted by Gasteiger charge is 2.10. The second-order valence-electron chi connectivity index (χ2n) is 4.05. The molecule has 0 heterocycles. The molecule has 4 heteroatoms. The van der Waals surface area contributed by atoms with Gasteiger partial charge in [-0.05, 0) is 35.2 Å². The molecule has 2 aliphatic rings. The van der Waals surface area contributed by atoms with Crippen LogP contribution in [0.5, 0.6) is 5.75 Å². The molecule has 0 atom stereocenters. The third-order valence-corrected chi connectivity index (χ3v) is 2.77.